The van der Waals surface area contributed by atoms with Crippen LogP contribution in [0.15, 0.2) is 24.3 Å². The fraction of sp³-hybridized carbons (Fsp3) is 0.143. The third-order valence-electron chi connectivity index (χ3n) is 1.13. The van der Waals surface area contributed by atoms with Crippen molar-refractivity contribution in [2.75, 3.05) is 0 Å². The molecule has 1 aromatic rings. The number of thiol groups is 1. The maximum absolute atomic E-state index is 5.78. The lowest BCUT2D eigenvalue weighted by atomic mass is 10.2. The van der Waals surface area contributed by atoms with Crippen LogP contribution in [0.25, 0.3) is 0 Å². The standard InChI is InChI=1S/C7H7ClS.ClH/c8-7-4-2-1-3-6(7)5-9;/h1-4,9H,5H2;1H. The van der Waals surface area contributed by atoms with Crippen LogP contribution >= 0.6 is 36.6 Å². The Morgan fingerprint density at radius 2 is 1.90 bits per heavy atom. The monoisotopic (exact) mass is 194 g/mol. The molecule has 0 aliphatic rings. The van der Waals surface area contributed by atoms with Gasteiger partial charge in [-0.15, -0.1) is 12.4 Å². The molecule has 0 N–H and O–H groups in total. The minimum atomic E-state index is 0. The van der Waals surface area contributed by atoms with Crippen molar-refractivity contribution in [1.29, 1.82) is 0 Å². The third kappa shape index (κ3) is 2.41. The molecule has 0 spiro atoms. The summed E-state index contributed by atoms with van der Waals surface area (Å²) in [7, 11) is 0. The molecule has 0 amide bonds. The Labute approximate surface area is 77.4 Å². The molecule has 0 atom stereocenters. The Hall–Kier alpha value is 0.150. The van der Waals surface area contributed by atoms with Gasteiger partial charge in [0.25, 0.3) is 0 Å². The minimum Gasteiger partial charge on any atom is -0.174 e. The van der Waals surface area contributed by atoms with Gasteiger partial charge in [0.2, 0.25) is 0 Å². The molecule has 1 aromatic carbocycles. The normalized spacial score (nSPS) is 8.60. The molecule has 1 rings (SSSR count). The predicted octanol–water partition coefficient (Wildman–Crippen LogP) is 3.19. The van der Waals surface area contributed by atoms with E-state index in [4.69, 9.17) is 11.6 Å². The topological polar surface area (TPSA) is 0 Å². The van der Waals surface area contributed by atoms with Gasteiger partial charge in [0.05, 0.1) is 0 Å². The molecule has 0 aliphatic carbocycles. The first-order valence-corrected chi connectivity index (χ1v) is 3.70. The summed E-state index contributed by atoms with van der Waals surface area (Å²) in [4.78, 5) is 0. The predicted molar refractivity (Wildman–Crippen MR) is 51.4 cm³/mol. The van der Waals surface area contributed by atoms with Gasteiger partial charge >= 0.3 is 0 Å². The average molecular weight is 195 g/mol. The van der Waals surface area contributed by atoms with Crippen molar-refractivity contribution < 1.29 is 0 Å². The summed E-state index contributed by atoms with van der Waals surface area (Å²) in [5.74, 6) is 0.708. The molecule has 0 bridgehead atoms. The van der Waals surface area contributed by atoms with Gasteiger partial charge in [-0.05, 0) is 11.6 Å². The van der Waals surface area contributed by atoms with E-state index in [1.807, 2.05) is 24.3 Å². The zero-order chi connectivity index (χ0) is 6.69. The Kier molecular flexibility index (Phi) is 4.96. The van der Waals surface area contributed by atoms with Gasteiger partial charge in [0.1, 0.15) is 0 Å². The van der Waals surface area contributed by atoms with Crippen LogP contribution in [0.4, 0.5) is 0 Å². The van der Waals surface area contributed by atoms with Crippen LogP contribution in [0.2, 0.25) is 5.02 Å². The molecule has 10 heavy (non-hydrogen) atoms. The highest BCUT2D eigenvalue weighted by Crippen LogP contribution is 2.15. The molecule has 0 nitrogen and oxygen atoms in total. The Bertz CT molecular complexity index is 201. The van der Waals surface area contributed by atoms with Crippen molar-refractivity contribution in [2.24, 2.45) is 0 Å². The first kappa shape index (κ1) is 10.2. The maximum atomic E-state index is 5.78. The molecule has 0 aliphatic heterocycles. The molecule has 3 heteroatoms. The highest BCUT2D eigenvalue weighted by molar-refractivity contribution is 7.79. The highest BCUT2D eigenvalue weighted by Gasteiger charge is 1.92. The second-order valence-corrected chi connectivity index (χ2v) is 2.47. The van der Waals surface area contributed by atoms with Gasteiger partial charge in [-0.3, -0.25) is 0 Å². The van der Waals surface area contributed by atoms with Gasteiger partial charge in [-0.25, -0.2) is 0 Å². The van der Waals surface area contributed by atoms with E-state index in [2.05, 4.69) is 12.6 Å². The maximum Gasteiger partial charge on any atom is 0.0446 e. The third-order valence-corrected chi connectivity index (χ3v) is 1.84. The van der Waals surface area contributed by atoms with E-state index in [9.17, 15) is 0 Å². The lowest BCUT2D eigenvalue weighted by Crippen LogP contribution is -1.76. The van der Waals surface area contributed by atoms with Crippen molar-refractivity contribution in [3.05, 3.63) is 34.9 Å². The SMILES string of the molecule is Cl.SCc1ccccc1Cl. The van der Waals surface area contributed by atoms with Crippen LogP contribution in [0, 0.1) is 0 Å². The van der Waals surface area contributed by atoms with Crippen molar-refractivity contribution >= 4 is 36.6 Å². The quantitative estimate of drug-likeness (QED) is 0.653. The van der Waals surface area contributed by atoms with Crippen molar-refractivity contribution in [2.45, 2.75) is 5.75 Å². The van der Waals surface area contributed by atoms with Gasteiger partial charge in [-0.1, -0.05) is 29.8 Å². The summed E-state index contributed by atoms with van der Waals surface area (Å²) in [6.07, 6.45) is 0. The highest BCUT2D eigenvalue weighted by atomic mass is 35.5. The summed E-state index contributed by atoms with van der Waals surface area (Å²) in [6, 6.07) is 7.70. The number of halogens is 2. The lowest BCUT2D eigenvalue weighted by Gasteiger charge is -1.95. The van der Waals surface area contributed by atoms with Gasteiger partial charge < -0.3 is 0 Å². The van der Waals surface area contributed by atoms with Gasteiger partial charge in [-0.2, -0.15) is 12.6 Å². The largest absolute Gasteiger partial charge is 0.174 e. The van der Waals surface area contributed by atoms with E-state index in [-0.39, 0.29) is 12.4 Å². The molecule has 56 valence electrons. The number of rotatable bonds is 1. The number of benzene rings is 1. The minimum absolute atomic E-state index is 0. The molecule has 0 saturated heterocycles. The first-order chi connectivity index (χ1) is 4.34. The van der Waals surface area contributed by atoms with Crippen molar-refractivity contribution in [3.63, 3.8) is 0 Å². The second-order valence-electron chi connectivity index (χ2n) is 1.75. The summed E-state index contributed by atoms with van der Waals surface area (Å²) >= 11 is 9.87. The zero-order valence-electron chi connectivity index (χ0n) is 5.25. The van der Waals surface area contributed by atoms with E-state index in [0.717, 1.165) is 10.6 Å². The van der Waals surface area contributed by atoms with Crippen molar-refractivity contribution in [1.82, 2.24) is 0 Å². The molecular weight excluding hydrogens is 187 g/mol. The van der Waals surface area contributed by atoms with Gasteiger partial charge in [0.15, 0.2) is 0 Å². The smallest absolute Gasteiger partial charge is 0.0446 e. The van der Waals surface area contributed by atoms with Crippen molar-refractivity contribution in [3.8, 4) is 0 Å². The average Bonchev–Trinajstić information content (AvgIpc) is 1.89. The summed E-state index contributed by atoms with van der Waals surface area (Å²) in [6.45, 7) is 0. The van der Waals surface area contributed by atoms with Gasteiger partial charge in [0, 0.05) is 10.8 Å². The Morgan fingerprint density at radius 3 is 2.30 bits per heavy atom. The molecule has 0 aromatic heterocycles. The van der Waals surface area contributed by atoms with E-state index < -0.39 is 0 Å². The van der Waals surface area contributed by atoms with Crippen LogP contribution in [0.3, 0.4) is 0 Å². The Balaban J connectivity index is 0.000000810. The molecule has 0 unspecified atom stereocenters. The number of hydrogen-bond donors (Lipinski definition) is 1. The van der Waals surface area contributed by atoms with Crippen LogP contribution in [0.1, 0.15) is 5.56 Å². The van der Waals surface area contributed by atoms with Crippen LogP contribution in [-0.2, 0) is 5.75 Å². The Morgan fingerprint density at radius 1 is 1.30 bits per heavy atom. The molecule has 0 heterocycles. The lowest BCUT2D eigenvalue weighted by molar-refractivity contribution is 1.43. The van der Waals surface area contributed by atoms with E-state index in [1.165, 1.54) is 0 Å². The molecular formula is C7H8Cl2S. The molecule has 0 saturated carbocycles. The van der Waals surface area contributed by atoms with Crippen LogP contribution in [-0.4, -0.2) is 0 Å². The zero-order valence-corrected chi connectivity index (χ0v) is 7.72. The van der Waals surface area contributed by atoms with E-state index in [0.29, 0.717) is 5.75 Å². The number of hydrogen-bond acceptors (Lipinski definition) is 1. The van der Waals surface area contributed by atoms with Crippen LogP contribution in [0.5, 0.6) is 0 Å². The molecule has 0 radical (unpaired) electrons. The summed E-state index contributed by atoms with van der Waals surface area (Å²) in [5.41, 5.74) is 1.09. The summed E-state index contributed by atoms with van der Waals surface area (Å²) in [5, 5.41) is 0.799. The van der Waals surface area contributed by atoms with E-state index in [1.54, 1.807) is 0 Å². The fourth-order valence-electron chi connectivity index (χ4n) is 0.627. The molecule has 0 fully saturated rings. The van der Waals surface area contributed by atoms with E-state index >= 15 is 0 Å². The second kappa shape index (κ2) is 4.89. The first-order valence-electron chi connectivity index (χ1n) is 2.69. The summed E-state index contributed by atoms with van der Waals surface area (Å²) < 4.78 is 0. The fourth-order valence-corrected chi connectivity index (χ4v) is 1.20. The van der Waals surface area contributed by atoms with Crippen LogP contribution < -0.4 is 0 Å².